The standard InChI is InChI=1S/C10H8Cl2N4O.C6H6ClNO.C3Cl3N3/c1-5-4-6(2-3-7(5)17)13-10-15-8(11)14-9(12)16-10;7-5-3-4(8)1-2-6(5)9;4-1-7-2(5)9-3(6)8-1/h2-4,17H,1H3,(H,13,14,15,16);1-3,9H,8H2;. The summed E-state index contributed by atoms with van der Waals surface area (Å²) in [4.78, 5) is 21.7. The van der Waals surface area contributed by atoms with Crippen molar-refractivity contribution < 1.29 is 10.2 Å². The Morgan fingerprint density at radius 3 is 1.54 bits per heavy atom. The number of nitrogens with two attached hydrogens (primary N) is 1. The summed E-state index contributed by atoms with van der Waals surface area (Å²) in [5.74, 6) is 0.535. The fourth-order valence-electron chi connectivity index (χ4n) is 2.07. The lowest BCUT2D eigenvalue weighted by Gasteiger charge is -2.06. The Labute approximate surface area is 229 Å². The van der Waals surface area contributed by atoms with E-state index in [2.05, 4.69) is 35.2 Å². The van der Waals surface area contributed by atoms with Crippen molar-refractivity contribution in [2.24, 2.45) is 0 Å². The van der Waals surface area contributed by atoms with Crippen molar-refractivity contribution in [3.63, 3.8) is 0 Å². The lowest BCUT2D eigenvalue weighted by molar-refractivity contribution is 0.471. The zero-order valence-electron chi connectivity index (χ0n) is 17.4. The van der Waals surface area contributed by atoms with Crippen molar-refractivity contribution in [3.8, 4) is 11.5 Å². The second-order valence-corrected chi connectivity index (χ2v) is 8.27. The van der Waals surface area contributed by atoms with Crippen LogP contribution in [0.3, 0.4) is 0 Å². The van der Waals surface area contributed by atoms with E-state index in [0.29, 0.717) is 5.69 Å². The van der Waals surface area contributed by atoms with Gasteiger partial charge in [-0.15, -0.1) is 0 Å². The maximum absolute atomic E-state index is 9.39. The average molecular weight is 599 g/mol. The number of benzene rings is 2. The minimum Gasteiger partial charge on any atom is -0.508 e. The number of anilines is 3. The third kappa shape index (κ3) is 10.3. The van der Waals surface area contributed by atoms with Crippen molar-refractivity contribution >= 4 is 86.9 Å². The average Bonchev–Trinajstić information content (AvgIpc) is 2.73. The highest BCUT2D eigenvalue weighted by Gasteiger charge is 2.04. The molecule has 0 radical (unpaired) electrons. The van der Waals surface area contributed by atoms with Crippen molar-refractivity contribution in [1.82, 2.24) is 29.9 Å². The Kier molecular flexibility index (Phi) is 11.0. The molecule has 0 saturated carbocycles. The molecule has 4 aromatic rings. The first-order valence-electron chi connectivity index (χ1n) is 9.03. The van der Waals surface area contributed by atoms with Crippen LogP contribution >= 0.6 is 69.6 Å². The molecular weight excluding hydrogens is 585 g/mol. The third-order valence-electron chi connectivity index (χ3n) is 3.56. The van der Waals surface area contributed by atoms with Crippen LogP contribution in [0.4, 0.5) is 17.3 Å². The molecule has 2 aromatic carbocycles. The Balaban J connectivity index is 0.000000203. The minimum atomic E-state index is 0.000000000000000444. The Hall–Kier alpha value is -2.60. The number of rotatable bonds is 2. The molecule has 5 N–H and O–H groups in total. The van der Waals surface area contributed by atoms with E-state index in [1.807, 2.05) is 0 Å². The molecule has 35 heavy (non-hydrogen) atoms. The van der Waals surface area contributed by atoms with E-state index >= 15 is 0 Å². The topological polar surface area (TPSA) is 156 Å². The summed E-state index contributed by atoms with van der Waals surface area (Å²) in [6.45, 7) is 1.79. The van der Waals surface area contributed by atoms with E-state index < -0.39 is 0 Å². The van der Waals surface area contributed by atoms with Gasteiger partial charge in [-0.1, -0.05) is 11.6 Å². The Morgan fingerprint density at radius 1 is 0.657 bits per heavy atom. The summed E-state index contributed by atoms with van der Waals surface area (Å²) in [7, 11) is 0. The summed E-state index contributed by atoms with van der Waals surface area (Å²) < 4.78 is 0. The smallest absolute Gasteiger partial charge is 0.232 e. The van der Waals surface area contributed by atoms with Gasteiger partial charge in [0.2, 0.25) is 32.4 Å². The molecule has 0 aliphatic rings. The molecule has 0 unspecified atom stereocenters. The number of nitrogens with zero attached hydrogens (tertiary/aromatic N) is 6. The quantitative estimate of drug-likeness (QED) is 0.150. The number of phenolic OH excluding ortho intramolecular Hbond substituents is 2. The second-order valence-electron chi connectivity index (χ2n) is 6.18. The van der Waals surface area contributed by atoms with E-state index in [1.54, 1.807) is 31.2 Å². The fraction of sp³-hybridized carbons (Fsp3) is 0.0526. The van der Waals surface area contributed by atoms with E-state index in [1.165, 1.54) is 12.1 Å². The van der Waals surface area contributed by atoms with E-state index in [-0.39, 0.29) is 48.9 Å². The molecule has 0 atom stereocenters. The molecule has 0 spiro atoms. The van der Waals surface area contributed by atoms with Crippen molar-refractivity contribution in [1.29, 1.82) is 0 Å². The predicted octanol–water partition coefficient (Wildman–Crippen LogP) is 6.40. The molecule has 2 aromatic heterocycles. The van der Waals surface area contributed by atoms with Gasteiger partial charge in [-0.25, -0.2) is 0 Å². The van der Waals surface area contributed by atoms with Crippen molar-refractivity contribution in [2.75, 3.05) is 11.1 Å². The number of phenols is 2. The van der Waals surface area contributed by atoms with Crippen LogP contribution in [0.25, 0.3) is 0 Å². The van der Waals surface area contributed by atoms with Gasteiger partial charge in [-0.2, -0.15) is 29.9 Å². The summed E-state index contributed by atoms with van der Waals surface area (Å²) in [5.41, 5.74) is 7.34. The number of hydrogen-bond donors (Lipinski definition) is 4. The van der Waals surface area contributed by atoms with Gasteiger partial charge in [0.25, 0.3) is 0 Å². The molecular formula is C19H14Cl6N8O2. The first-order valence-corrected chi connectivity index (χ1v) is 11.3. The van der Waals surface area contributed by atoms with Crippen LogP contribution in [0.2, 0.25) is 31.4 Å². The van der Waals surface area contributed by atoms with Gasteiger partial charge in [0.05, 0.1) is 5.02 Å². The largest absolute Gasteiger partial charge is 0.508 e. The summed E-state index contributed by atoms with van der Waals surface area (Å²) in [6, 6.07) is 9.55. The lowest BCUT2D eigenvalue weighted by atomic mass is 10.2. The van der Waals surface area contributed by atoms with Gasteiger partial charge in [0, 0.05) is 11.4 Å². The number of nitrogens with one attached hydrogen (secondary N) is 1. The molecule has 184 valence electrons. The third-order valence-corrected chi connectivity index (χ3v) is 4.71. The van der Waals surface area contributed by atoms with Crippen LogP contribution < -0.4 is 11.1 Å². The van der Waals surface area contributed by atoms with E-state index in [9.17, 15) is 5.11 Å². The fourth-order valence-corrected chi connectivity index (χ4v) is 3.23. The van der Waals surface area contributed by atoms with Crippen LogP contribution in [-0.4, -0.2) is 40.1 Å². The van der Waals surface area contributed by atoms with Gasteiger partial charge in [0.15, 0.2) is 0 Å². The maximum atomic E-state index is 9.39. The van der Waals surface area contributed by atoms with Crippen LogP contribution in [0.1, 0.15) is 5.56 Å². The lowest BCUT2D eigenvalue weighted by Crippen LogP contribution is -1.99. The Bertz CT molecular complexity index is 1240. The zero-order valence-corrected chi connectivity index (χ0v) is 21.9. The molecule has 2 heterocycles. The highest BCUT2D eigenvalue weighted by atomic mass is 35.5. The first kappa shape index (κ1) is 28.6. The van der Waals surface area contributed by atoms with Gasteiger partial charge in [0.1, 0.15) is 11.5 Å². The summed E-state index contributed by atoms with van der Waals surface area (Å²) >= 11 is 32.7. The van der Waals surface area contributed by atoms with Crippen molar-refractivity contribution in [3.05, 3.63) is 73.4 Å². The van der Waals surface area contributed by atoms with Gasteiger partial charge >= 0.3 is 0 Å². The van der Waals surface area contributed by atoms with Crippen LogP contribution in [0.15, 0.2) is 36.4 Å². The highest BCUT2D eigenvalue weighted by Crippen LogP contribution is 2.24. The molecule has 0 bridgehead atoms. The normalized spacial score (nSPS) is 9.91. The molecule has 16 heteroatoms. The van der Waals surface area contributed by atoms with Gasteiger partial charge in [-0.3, -0.25) is 0 Å². The predicted molar refractivity (Wildman–Crippen MR) is 138 cm³/mol. The van der Waals surface area contributed by atoms with Gasteiger partial charge < -0.3 is 21.3 Å². The van der Waals surface area contributed by atoms with Crippen LogP contribution in [0, 0.1) is 6.92 Å². The van der Waals surface area contributed by atoms with Crippen LogP contribution in [-0.2, 0) is 0 Å². The molecule has 0 aliphatic heterocycles. The maximum Gasteiger partial charge on any atom is 0.232 e. The summed E-state index contributed by atoms with van der Waals surface area (Å²) in [6.07, 6.45) is 0. The highest BCUT2D eigenvalue weighted by molar-refractivity contribution is 6.33. The Morgan fingerprint density at radius 2 is 1.11 bits per heavy atom. The number of nitrogen functional groups attached to an aromatic ring is 1. The number of halogens is 6. The van der Waals surface area contributed by atoms with Crippen LogP contribution in [0.5, 0.6) is 11.5 Å². The first-order chi connectivity index (χ1) is 16.4. The number of aromatic hydroxyl groups is 2. The minimum absolute atomic E-state index is 0.000000000000000444. The molecule has 0 amide bonds. The van der Waals surface area contributed by atoms with E-state index in [0.717, 1.165) is 11.3 Å². The monoisotopic (exact) mass is 596 g/mol. The van der Waals surface area contributed by atoms with Gasteiger partial charge in [-0.05, 0) is 107 Å². The van der Waals surface area contributed by atoms with Crippen molar-refractivity contribution in [2.45, 2.75) is 6.92 Å². The number of aryl methyl sites for hydroxylation is 1. The SMILES string of the molecule is Cc1cc(Nc2nc(Cl)nc(Cl)n2)ccc1O.Clc1nc(Cl)nc(Cl)n1.Nc1ccc(O)c(Cl)c1. The molecule has 0 saturated heterocycles. The zero-order chi connectivity index (χ0) is 26.1. The molecule has 10 nitrogen and oxygen atoms in total. The molecule has 0 aliphatic carbocycles. The molecule has 0 fully saturated rings. The molecule has 4 rings (SSSR count). The number of hydrogen-bond acceptors (Lipinski definition) is 10. The van der Waals surface area contributed by atoms with E-state index in [4.69, 9.17) is 80.4 Å². The summed E-state index contributed by atoms with van der Waals surface area (Å²) in [5, 5.41) is 21.5. The second kappa shape index (κ2) is 13.5. The number of aromatic nitrogens is 6.